The summed E-state index contributed by atoms with van der Waals surface area (Å²) in [6.07, 6.45) is 0.114. The van der Waals surface area contributed by atoms with E-state index in [1.807, 2.05) is 6.92 Å². The second-order valence-electron chi connectivity index (χ2n) is 4.65. The molecule has 0 fully saturated rings. The molecule has 2 nitrogen and oxygen atoms in total. The highest BCUT2D eigenvalue weighted by Gasteiger charge is 2.10. The summed E-state index contributed by atoms with van der Waals surface area (Å²) < 4.78 is 25.8. The van der Waals surface area contributed by atoms with Crippen molar-refractivity contribution < 1.29 is 13.6 Å². The molecule has 4 heteroatoms. The van der Waals surface area contributed by atoms with Gasteiger partial charge in [-0.2, -0.15) is 0 Å². The Kier molecular flexibility index (Phi) is 4.45. The van der Waals surface area contributed by atoms with Crippen LogP contribution in [0.3, 0.4) is 0 Å². The molecule has 1 amide bonds. The third-order valence-corrected chi connectivity index (χ3v) is 3.00. The van der Waals surface area contributed by atoms with E-state index in [1.165, 1.54) is 24.3 Å². The summed E-state index contributed by atoms with van der Waals surface area (Å²) in [6.45, 7) is 1.82. The monoisotopic (exact) mass is 275 g/mol. The summed E-state index contributed by atoms with van der Waals surface area (Å²) in [6, 6.07) is 11.7. The van der Waals surface area contributed by atoms with Crippen LogP contribution >= 0.6 is 0 Å². The number of nitrogens with one attached hydrogen (secondary N) is 1. The topological polar surface area (TPSA) is 29.1 Å². The van der Waals surface area contributed by atoms with E-state index in [-0.39, 0.29) is 30.0 Å². The van der Waals surface area contributed by atoms with Gasteiger partial charge in [-0.25, -0.2) is 8.78 Å². The van der Waals surface area contributed by atoms with Crippen molar-refractivity contribution in [3.05, 3.63) is 71.3 Å². The number of carbonyl (C=O) groups excluding carboxylic acids is 1. The van der Waals surface area contributed by atoms with Crippen LogP contribution in [0.25, 0.3) is 0 Å². The van der Waals surface area contributed by atoms with E-state index in [0.717, 1.165) is 5.56 Å². The van der Waals surface area contributed by atoms with Gasteiger partial charge < -0.3 is 5.32 Å². The Bertz CT molecular complexity index is 596. The lowest BCUT2D eigenvalue weighted by molar-refractivity contribution is -0.121. The number of hydrogen-bond donors (Lipinski definition) is 1. The predicted molar refractivity (Wildman–Crippen MR) is 73.1 cm³/mol. The number of benzene rings is 2. The fourth-order valence-electron chi connectivity index (χ4n) is 1.96. The predicted octanol–water partition coefficient (Wildman–Crippen LogP) is 3.38. The number of hydrogen-bond acceptors (Lipinski definition) is 1. The Morgan fingerprint density at radius 3 is 2.45 bits per heavy atom. The maximum absolute atomic E-state index is 13.0. The summed E-state index contributed by atoms with van der Waals surface area (Å²) in [4.78, 5) is 11.9. The molecule has 0 spiro atoms. The molecular weight excluding hydrogens is 260 g/mol. The molecule has 20 heavy (non-hydrogen) atoms. The third kappa shape index (κ3) is 3.88. The van der Waals surface area contributed by atoms with Gasteiger partial charge in [0.05, 0.1) is 12.5 Å². The van der Waals surface area contributed by atoms with Crippen LogP contribution in [0, 0.1) is 11.6 Å². The molecule has 1 unspecified atom stereocenters. The van der Waals surface area contributed by atoms with Gasteiger partial charge in [0, 0.05) is 0 Å². The van der Waals surface area contributed by atoms with Crippen LogP contribution in [0.2, 0.25) is 0 Å². The van der Waals surface area contributed by atoms with Crippen LogP contribution in [0.5, 0.6) is 0 Å². The van der Waals surface area contributed by atoms with Crippen molar-refractivity contribution in [3.8, 4) is 0 Å². The van der Waals surface area contributed by atoms with Crippen molar-refractivity contribution in [2.24, 2.45) is 0 Å². The first-order valence-corrected chi connectivity index (χ1v) is 6.34. The Hall–Kier alpha value is -2.23. The van der Waals surface area contributed by atoms with Gasteiger partial charge in [0.15, 0.2) is 0 Å². The lowest BCUT2D eigenvalue weighted by Crippen LogP contribution is -2.28. The molecule has 2 aromatic rings. The average molecular weight is 275 g/mol. The Morgan fingerprint density at radius 2 is 1.80 bits per heavy atom. The lowest BCUT2D eigenvalue weighted by Gasteiger charge is -2.14. The second-order valence-corrected chi connectivity index (χ2v) is 4.65. The molecule has 2 aromatic carbocycles. The number of amides is 1. The minimum absolute atomic E-state index is 0.114. The summed E-state index contributed by atoms with van der Waals surface area (Å²) >= 11 is 0. The van der Waals surface area contributed by atoms with Crippen molar-refractivity contribution in [1.82, 2.24) is 5.32 Å². The highest BCUT2D eigenvalue weighted by atomic mass is 19.1. The molecule has 0 aliphatic rings. The van der Waals surface area contributed by atoms with Gasteiger partial charge in [-0.05, 0) is 42.3 Å². The van der Waals surface area contributed by atoms with E-state index in [9.17, 15) is 13.6 Å². The molecule has 0 heterocycles. The van der Waals surface area contributed by atoms with E-state index in [2.05, 4.69) is 5.32 Å². The molecule has 0 aliphatic carbocycles. The molecule has 0 radical (unpaired) electrons. The smallest absolute Gasteiger partial charge is 0.224 e. The van der Waals surface area contributed by atoms with E-state index < -0.39 is 0 Å². The van der Waals surface area contributed by atoms with Crippen LogP contribution < -0.4 is 5.32 Å². The van der Waals surface area contributed by atoms with Gasteiger partial charge in [-0.3, -0.25) is 4.79 Å². The minimum Gasteiger partial charge on any atom is -0.349 e. The molecule has 1 N–H and O–H groups in total. The zero-order valence-corrected chi connectivity index (χ0v) is 11.1. The summed E-state index contributed by atoms with van der Waals surface area (Å²) in [7, 11) is 0. The Morgan fingerprint density at radius 1 is 1.10 bits per heavy atom. The van der Waals surface area contributed by atoms with Crippen molar-refractivity contribution in [2.75, 3.05) is 0 Å². The maximum Gasteiger partial charge on any atom is 0.224 e. The molecule has 0 saturated heterocycles. The first-order valence-electron chi connectivity index (χ1n) is 6.34. The Labute approximate surface area is 116 Å². The van der Waals surface area contributed by atoms with E-state index >= 15 is 0 Å². The van der Waals surface area contributed by atoms with E-state index in [0.29, 0.717) is 5.56 Å². The highest BCUT2D eigenvalue weighted by Crippen LogP contribution is 2.13. The van der Waals surface area contributed by atoms with Crippen molar-refractivity contribution in [3.63, 3.8) is 0 Å². The van der Waals surface area contributed by atoms with Crippen molar-refractivity contribution in [2.45, 2.75) is 19.4 Å². The zero-order valence-electron chi connectivity index (χ0n) is 11.1. The van der Waals surface area contributed by atoms with E-state index in [4.69, 9.17) is 0 Å². The van der Waals surface area contributed by atoms with Gasteiger partial charge >= 0.3 is 0 Å². The van der Waals surface area contributed by atoms with Gasteiger partial charge in [-0.15, -0.1) is 0 Å². The highest BCUT2D eigenvalue weighted by molar-refractivity contribution is 5.79. The van der Waals surface area contributed by atoms with Gasteiger partial charge in [0.1, 0.15) is 11.6 Å². The van der Waals surface area contributed by atoms with Crippen molar-refractivity contribution in [1.29, 1.82) is 0 Å². The van der Waals surface area contributed by atoms with E-state index in [1.54, 1.807) is 24.3 Å². The van der Waals surface area contributed by atoms with Gasteiger partial charge in [-0.1, -0.05) is 24.3 Å². The zero-order chi connectivity index (χ0) is 14.5. The third-order valence-electron chi connectivity index (χ3n) is 3.00. The molecule has 0 aliphatic heterocycles. The molecular formula is C16H15F2NO. The van der Waals surface area contributed by atoms with Crippen LogP contribution in [-0.2, 0) is 11.2 Å². The summed E-state index contributed by atoms with van der Waals surface area (Å²) in [5, 5.41) is 2.80. The summed E-state index contributed by atoms with van der Waals surface area (Å²) in [5.74, 6) is -0.874. The van der Waals surface area contributed by atoms with Gasteiger partial charge in [0.2, 0.25) is 5.91 Å². The fraction of sp³-hybridized carbons (Fsp3) is 0.188. The van der Waals surface area contributed by atoms with Crippen LogP contribution in [0.4, 0.5) is 8.78 Å². The SMILES string of the molecule is CC(NC(=O)Cc1cccc(F)c1)c1ccc(F)cc1. The number of rotatable bonds is 4. The quantitative estimate of drug-likeness (QED) is 0.910. The van der Waals surface area contributed by atoms with Crippen LogP contribution in [0.15, 0.2) is 48.5 Å². The first-order chi connectivity index (χ1) is 9.54. The van der Waals surface area contributed by atoms with Crippen molar-refractivity contribution >= 4 is 5.91 Å². The van der Waals surface area contributed by atoms with Crippen LogP contribution in [0.1, 0.15) is 24.1 Å². The molecule has 0 saturated carbocycles. The summed E-state index contributed by atoms with van der Waals surface area (Å²) in [5.41, 5.74) is 1.44. The minimum atomic E-state index is -0.359. The molecule has 2 rings (SSSR count). The molecule has 104 valence electrons. The van der Waals surface area contributed by atoms with Gasteiger partial charge in [0.25, 0.3) is 0 Å². The van der Waals surface area contributed by atoms with Crippen LogP contribution in [-0.4, -0.2) is 5.91 Å². The molecule has 1 atom stereocenters. The number of carbonyl (C=O) groups is 1. The largest absolute Gasteiger partial charge is 0.349 e. The molecule has 0 bridgehead atoms. The normalized spacial score (nSPS) is 11.9. The second kappa shape index (κ2) is 6.28. The fourth-order valence-corrected chi connectivity index (χ4v) is 1.96. The number of halogens is 2. The molecule has 0 aromatic heterocycles. The average Bonchev–Trinajstić information content (AvgIpc) is 2.39. The Balaban J connectivity index is 1.95. The standard InChI is InChI=1S/C16H15F2NO/c1-11(13-5-7-14(17)8-6-13)19-16(20)10-12-3-2-4-15(18)9-12/h2-9,11H,10H2,1H3,(H,19,20). The maximum atomic E-state index is 13.0. The lowest BCUT2D eigenvalue weighted by atomic mass is 10.1. The first kappa shape index (κ1) is 14.2.